The van der Waals surface area contributed by atoms with E-state index in [1.807, 2.05) is 18.4 Å². The zero-order valence-corrected chi connectivity index (χ0v) is 10.4. The second-order valence-corrected chi connectivity index (χ2v) is 5.71. The molecule has 0 radical (unpaired) electrons. The summed E-state index contributed by atoms with van der Waals surface area (Å²) < 4.78 is 26.5. The van der Waals surface area contributed by atoms with E-state index in [0.717, 1.165) is 18.8 Å². The maximum absolute atomic E-state index is 11.8. The van der Waals surface area contributed by atoms with Crippen molar-refractivity contribution in [3.63, 3.8) is 0 Å². The first-order chi connectivity index (χ1) is 6.89. The van der Waals surface area contributed by atoms with E-state index >= 15 is 0 Å². The fraction of sp³-hybridized carbons (Fsp3) is 0.667. The standard InChI is InChI=1S/C9H17N3O2S/c1-5-6-12-7-9(10-8(12)2)15(13,14)11(3)4/h7H,5-6H2,1-4H3. The Labute approximate surface area is 90.8 Å². The lowest BCUT2D eigenvalue weighted by molar-refractivity contribution is 0.517. The first-order valence-corrected chi connectivity index (χ1v) is 6.30. The van der Waals surface area contributed by atoms with Gasteiger partial charge in [-0.25, -0.2) is 17.7 Å². The van der Waals surface area contributed by atoms with Crippen molar-refractivity contribution in [2.24, 2.45) is 0 Å². The maximum atomic E-state index is 11.8. The molecular weight excluding hydrogens is 214 g/mol. The minimum absolute atomic E-state index is 0.124. The zero-order chi connectivity index (χ0) is 11.6. The summed E-state index contributed by atoms with van der Waals surface area (Å²) in [5.41, 5.74) is 0. The average molecular weight is 231 g/mol. The number of hydrogen-bond donors (Lipinski definition) is 0. The van der Waals surface area contributed by atoms with Crippen LogP contribution in [0.2, 0.25) is 0 Å². The lowest BCUT2D eigenvalue weighted by atomic mass is 10.5. The Bertz CT molecular complexity index is 434. The number of imidazole rings is 1. The Balaban J connectivity index is 3.13. The second-order valence-electron chi connectivity index (χ2n) is 3.61. The van der Waals surface area contributed by atoms with Gasteiger partial charge in [0.15, 0.2) is 5.03 Å². The SMILES string of the molecule is CCCn1cc(S(=O)(=O)N(C)C)nc1C. The predicted molar refractivity (Wildman–Crippen MR) is 58.1 cm³/mol. The molecule has 0 N–H and O–H groups in total. The molecule has 0 aliphatic heterocycles. The van der Waals surface area contributed by atoms with E-state index in [4.69, 9.17) is 0 Å². The molecule has 5 nitrogen and oxygen atoms in total. The first kappa shape index (κ1) is 12.2. The predicted octanol–water partition coefficient (Wildman–Crippen LogP) is 0.852. The summed E-state index contributed by atoms with van der Waals surface area (Å²) in [5.74, 6) is 0.734. The van der Waals surface area contributed by atoms with Gasteiger partial charge in [0, 0.05) is 26.8 Å². The number of aromatic nitrogens is 2. The summed E-state index contributed by atoms with van der Waals surface area (Å²) in [6, 6.07) is 0. The molecule has 0 fully saturated rings. The van der Waals surface area contributed by atoms with Gasteiger partial charge in [0.1, 0.15) is 5.82 Å². The third-order valence-electron chi connectivity index (χ3n) is 2.16. The molecule has 1 rings (SSSR count). The number of hydrogen-bond acceptors (Lipinski definition) is 3. The molecular formula is C9H17N3O2S. The van der Waals surface area contributed by atoms with E-state index in [0.29, 0.717) is 0 Å². The molecule has 0 aliphatic carbocycles. The van der Waals surface area contributed by atoms with Gasteiger partial charge in [-0.05, 0) is 13.3 Å². The van der Waals surface area contributed by atoms with E-state index in [9.17, 15) is 8.42 Å². The van der Waals surface area contributed by atoms with E-state index in [2.05, 4.69) is 4.98 Å². The van der Waals surface area contributed by atoms with Crippen molar-refractivity contribution in [1.29, 1.82) is 0 Å². The molecule has 1 heterocycles. The van der Waals surface area contributed by atoms with Gasteiger partial charge in [-0.2, -0.15) is 0 Å². The highest BCUT2D eigenvalue weighted by Gasteiger charge is 2.21. The maximum Gasteiger partial charge on any atom is 0.261 e. The van der Waals surface area contributed by atoms with Crippen LogP contribution in [0.5, 0.6) is 0 Å². The van der Waals surface area contributed by atoms with Crippen molar-refractivity contribution in [2.75, 3.05) is 14.1 Å². The molecule has 0 unspecified atom stereocenters. The normalized spacial score (nSPS) is 12.3. The summed E-state index contributed by atoms with van der Waals surface area (Å²) in [6.07, 6.45) is 2.55. The highest BCUT2D eigenvalue weighted by atomic mass is 32.2. The second kappa shape index (κ2) is 4.32. The first-order valence-electron chi connectivity index (χ1n) is 4.86. The summed E-state index contributed by atoms with van der Waals surface area (Å²) in [6.45, 7) is 4.64. The van der Waals surface area contributed by atoms with Crippen LogP contribution >= 0.6 is 0 Å². The fourth-order valence-electron chi connectivity index (χ4n) is 1.26. The van der Waals surface area contributed by atoms with Crippen LogP contribution in [0.15, 0.2) is 11.2 Å². The molecule has 0 aromatic carbocycles. The molecule has 0 aliphatic rings. The Kier molecular flexibility index (Phi) is 3.51. The van der Waals surface area contributed by atoms with Gasteiger partial charge < -0.3 is 4.57 Å². The summed E-state index contributed by atoms with van der Waals surface area (Å²) >= 11 is 0. The smallest absolute Gasteiger partial charge is 0.261 e. The number of nitrogens with zero attached hydrogens (tertiary/aromatic N) is 3. The number of rotatable bonds is 4. The van der Waals surface area contributed by atoms with Gasteiger partial charge in [-0.1, -0.05) is 6.92 Å². The lowest BCUT2D eigenvalue weighted by Gasteiger charge is -2.07. The van der Waals surface area contributed by atoms with Crippen LogP contribution in [-0.4, -0.2) is 36.4 Å². The van der Waals surface area contributed by atoms with Gasteiger partial charge in [-0.3, -0.25) is 0 Å². The molecule has 0 spiro atoms. The highest BCUT2D eigenvalue weighted by Crippen LogP contribution is 2.12. The molecule has 0 saturated carbocycles. The molecule has 0 bridgehead atoms. The summed E-state index contributed by atoms with van der Waals surface area (Å²) in [7, 11) is -0.389. The van der Waals surface area contributed by atoms with Crippen LogP contribution in [0.4, 0.5) is 0 Å². The van der Waals surface area contributed by atoms with Gasteiger partial charge in [0.2, 0.25) is 0 Å². The minimum Gasteiger partial charge on any atom is -0.334 e. The van der Waals surface area contributed by atoms with E-state index in [1.54, 1.807) is 6.20 Å². The molecule has 0 atom stereocenters. The Morgan fingerprint density at radius 2 is 2.07 bits per heavy atom. The van der Waals surface area contributed by atoms with Gasteiger partial charge >= 0.3 is 0 Å². The molecule has 6 heteroatoms. The monoisotopic (exact) mass is 231 g/mol. The third kappa shape index (κ3) is 2.38. The number of aryl methyl sites for hydroxylation is 2. The summed E-state index contributed by atoms with van der Waals surface area (Å²) in [5, 5.41) is 0.124. The summed E-state index contributed by atoms with van der Waals surface area (Å²) in [4.78, 5) is 4.06. The van der Waals surface area contributed by atoms with Crippen LogP contribution in [0, 0.1) is 6.92 Å². The Morgan fingerprint density at radius 1 is 1.47 bits per heavy atom. The van der Waals surface area contributed by atoms with Gasteiger partial charge in [-0.15, -0.1) is 0 Å². The molecule has 1 aromatic heterocycles. The average Bonchev–Trinajstić information content (AvgIpc) is 2.49. The van der Waals surface area contributed by atoms with Crippen LogP contribution in [-0.2, 0) is 16.6 Å². The zero-order valence-electron chi connectivity index (χ0n) is 9.56. The van der Waals surface area contributed by atoms with Crippen LogP contribution in [0.25, 0.3) is 0 Å². The Morgan fingerprint density at radius 3 is 2.53 bits per heavy atom. The topological polar surface area (TPSA) is 55.2 Å². The number of sulfonamides is 1. The highest BCUT2D eigenvalue weighted by molar-refractivity contribution is 7.89. The molecule has 1 aromatic rings. The minimum atomic E-state index is -3.40. The van der Waals surface area contributed by atoms with Crippen LogP contribution < -0.4 is 0 Å². The Hall–Kier alpha value is -0.880. The quantitative estimate of drug-likeness (QED) is 0.772. The molecule has 15 heavy (non-hydrogen) atoms. The van der Waals surface area contributed by atoms with Crippen molar-refractivity contribution in [1.82, 2.24) is 13.9 Å². The van der Waals surface area contributed by atoms with Gasteiger partial charge in [0.05, 0.1) is 0 Å². The van der Waals surface area contributed by atoms with E-state index in [-0.39, 0.29) is 5.03 Å². The third-order valence-corrected chi connectivity index (χ3v) is 3.85. The molecule has 0 saturated heterocycles. The van der Waals surface area contributed by atoms with E-state index in [1.165, 1.54) is 18.4 Å². The largest absolute Gasteiger partial charge is 0.334 e. The molecule has 86 valence electrons. The molecule has 0 amide bonds. The van der Waals surface area contributed by atoms with Crippen molar-refractivity contribution in [3.8, 4) is 0 Å². The van der Waals surface area contributed by atoms with Crippen molar-refractivity contribution in [2.45, 2.75) is 31.8 Å². The van der Waals surface area contributed by atoms with E-state index < -0.39 is 10.0 Å². The van der Waals surface area contributed by atoms with Crippen molar-refractivity contribution in [3.05, 3.63) is 12.0 Å². The van der Waals surface area contributed by atoms with Crippen molar-refractivity contribution >= 4 is 10.0 Å². The fourth-order valence-corrected chi connectivity index (χ4v) is 2.14. The van der Waals surface area contributed by atoms with Crippen LogP contribution in [0.1, 0.15) is 19.2 Å². The van der Waals surface area contributed by atoms with Crippen molar-refractivity contribution < 1.29 is 8.42 Å². The van der Waals surface area contributed by atoms with Crippen LogP contribution in [0.3, 0.4) is 0 Å². The lowest BCUT2D eigenvalue weighted by Crippen LogP contribution is -2.22. The van der Waals surface area contributed by atoms with Gasteiger partial charge in [0.25, 0.3) is 10.0 Å².